The van der Waals surface area contributed by atoms with Crippen molar-refractivity contribution < 1.29 is 38.8 Å². The van der Waals surface area contributed by atoms with Crippen molar-refractivity contribution in [1.29, 1.82) is 0 Å². The summed E-state index contributed by atoms with van der Waals surface area (Å²) in [6.45, 7) is 2.37. The summed E-state index contributed by atoms with van der Waals surface area (Å²) in [5.74, 6) is 0. The molecule has 0 aliphatic rings. The second-order valence-electron chi connectivity index (χ2n) is 2.97. The molecule has 19 heavy (non-hydrogen) atoms. The molecule has 0 amide bonds. The summed E-state index contributed by atoms with van der Waals surface area (Å²) < 4.78 is 9.72. The highest BCUT2D eigenvalue weighted by Crippen LogP contribution is 1.88. The Morgan fingerprint density at radius 1 is 1.42 bits per heavy atom. The second kappa shape index (κ2) is 12.7. The maximum absolute atomic E-state index is 10.3. The van der Waals surface area contributed by atoms with Gasteiger partial charge in [0.05, 0.1) is 0 Å². The molecule has 2 N–H and O–H groups in total. The summed E-state index contributed by atoms with van der Waals surface area (Å²) >= 11 is 0. The number of unbranched alkanes of at least 4 members (excludes halogenated alkanes) is 1. The molecule has 10 nitrogen and oxygen atoms in total. The number of carbonyl (C=O) groups is 2. The fraction of sp³-hybridized carbons (Fsp3) is 0.778. The average molecular weight is 280 g/mol. The first-order valence-electron chi connectivity index (χ1n) is 5.55. The zero-order valence-electron chi connectivity index (χ0n) is 10.6. The minimum absolute atomic E-state index is 0.0500. The minimum Gasteiger partial charge on any atom is -0.446 e. The number of aldehydes is 1. The van der Waals surface area contributed by atoms with Gasteiger partial charge in [-0.3, -0.25) is 0 Å². The Bertz CT molecular complexity index is 285. The summed E-state index contributed by atoms with van der Waals surface area (Å²) in [5.41, 5.74) is 2.10. The van der Waals surface area contributed by atoms with Crippen LogP contribution in [0.2, 0.25) is 0 Å². The number of nitrogens with zero attached hydrogens (tertiary/aromatic N) is 2. The molecule has 0 radical (unpaired) electrons. The third-order valence-corrected chi connectivity index (χ3v) is 1.53. The predicted octanol–water partition coefficient (Wildman–Crippen LogP) is 0.444. The Hall–Kier alpha value is -1.78. The van der Waals surface area contributed by atoms with Gasteiger partial charge in [0.1, 0.15) is 19.6 Å². The molecule has 0 saturated carbocycles. The SMILES string of the molecule is CCOCOCON[N+](=NCCCC=O)OC(=O)O. The van der Waals surface area contributed by atoms with Crippen molar-refractivity contribution in [2.75, 3.05) is 26.7 Å². The van der Waals surface area contributed by atoms with E-state index in [2.05, 4.69) is 15.5 Å². The van der Waals surface area contributed by atoms with Gasteiger partial charge in [-0.05, 0) is 13.3 Å². The Labute approximate surface area is 109 Å². The maximum atomic E-state index is 10.3. The molecule has 0 saturated heterocycles. The summed E-state index contributed by atoms with van der Waals surface area (Å²) in [7, 11) is 0. The summed E-state index contributed by atoms with van der Waals surface area (Å²) in [6, 6.07) is 0. The van der Waals surface area contributed by atoms with Crippen molar-refractivity contribution in [3.63, 3.8) is 0 Å². The van der Waals surface area contributed by atoms with Crippen molar-refractivity contribution >= 4 is 12.4 Å². The van der Waals surface area contributed by atoms with E-state index in [9.17, 15) is 9.59 Å². The quantitative estimate of drug-likeness (QED) is 0.132. The van der Waals surface area contributed by atoms with Gasteiger partial charge in [0.15, 0.2) is 6.79 Å². The predicted molar refractivity (Wildman–Crippen MR) is 58.6 cm³/mol. The van der Waals surface area contributed by atoms with E-state index < -0.39 is 6.16 Å². The summed E-state index contributed by atoms with van der Waals surface area (Å²) in [5, 5.41) is 12.1. The lowest BCUT2D eigenvalue weighted by molar-refractivity contribution is -0.881. The van der Waals surface area contributed by atoms with Gasteiger partial charge in [-0.15, -0.1) is 0 Å². The molecule has 0 rings (SSSR count). The van der Waals surface area contributed by atoms with Crippen molar-refractivity contribution in [2.45, 2.75) is 19.8 Å². The van der Waals surface area contributed by atoms with E-state index in [1.807, 2.05) is 6.92 Å². The van der Waals surface area contributed by atoms with Crippen molar-refractivity contribution in [2.24, 2.45) is 5.11 Å². The van der Waals surface area contributed by atoms with Crippen LogP contribution in [-0.2, 0) is 23.9 Å². The fourth-order valence-electron chi connectivity index (χ4n) is 0.786. The number of rotatable bonds is 12. The Kier molecular flexibility index (Phi) is 11.5. The topological polar surface area (TPSA) is 119 Å². The van der Waals surface area contributed by atoms with Gasteiger partial charge in [-0.2, -0.15) is 9.63 Å². The van der Waals surface area contributed by atoms with Crippen LogP contribution in [0.4, 0.5) is 4.79 Å². The molecule has 10 heteroatoms. The molecule has 110 valence electrons. The smallest absolute Gasteiger partial charge is 0.446 e. The Morgan fingerprint density at radius 2 is 2.21 bits per heavy atom. The van der Waals surface area contributed by atoms with Gasteiger partial charge in [-0.25, -0.2) is 0 Å². The standard InChI is InChI=1S/C9H17N3O7/c1-2-16-7-17-8-18-11-12(19-9(14)15)10-5-3-4-6-13/h6H,2-5,7-8H2,1H3,(H-,10,11,14,15)/p+1. The van der Waals surface area contributed by atoms with Crippen LogP contribution >= 0.6 is 0 Å². The largest absolute Gasteiger partial charge is 0.576 e. The van der Waals surface area contributed by atoms with Gasteiger partial charge in [0.2, 0.25) is 0 Å². The van der Waals surface area contributed by atoms with E-state index in [0.29, 0.717) is 24.4 Å². The molecule has 0 aromatic heterocycles. The zero-order chi connectivity index (χ0) is 14.3. The average Bonchev–Trinajstić information content (AvgIpc) is 2.37. The lowest BCUT2D eigenvalue weighted by atomic mass is 10.3. The van der Waals surface area contributed by atoms with Crippen LogP contribution in [-0.4, -0.2) is 49.3 Å². The van der Waals surface area contributed by atoms with Crippen LogP contribution in [0.1, 0.15) is 19.8 Å². The van der Waals surface area contributed by atoms with Gasteiger partial charge in [0.25, 0.3) is 4.97 Å². The highest BCUT2D eigenvalue weighted by Gasteiger charge is 2.14. The number of hydrogen-bond donors (Lipinski definition) is 2. The van der Waals surface area contributed by atoms with Gasteiger partial charge in [-0.1, -0.05) is 4.84 Å². The highest BCUT2D eigenvalue weighted by molar-refractivity contribution is 5.55. The molecule has 0 heterocycles. The minimum atomic E-state index is -1.56. The normalized spacial score (nSPS) is 11.1. The van der Waals surface area contributed by atoms with E-state index in [1.165, 1.54) is 0 Å². The van der Waals surface area contributed by atoms with Crippen molar-refractivity contribution in [3.8, 4) is 0 Å². The Balaban J connectivity index is 3.85. The first kappa shape index (κ1) is 17.2. The molecule has 0 bridgehead atoms. The third-order valence-electron chi connectivity index (χ3n) is 1.53. The number of nitrogens with one attached hydrogen (secondary N) is 1. The number of carboxylic acid groups (broad SMARTS) is 1. The second-order valence-corrected chi connectivity index (χ2v) is 2.97. The van der Waals surface area contributed by atoms with Gasteiger partial charge >= 0.3 is 6.16 Å². The Morgan fingerprint density at radius 3 is 2.84 bits per heavy atom. The molecule has 0 aliphatic heterocycles. The van der Waals surface area contributed by atoms with Gasteiger partial charge < -0.3 is 19.4 Å². The van der Waals surface area contributed by atoms with E-state index in [0.717, 1.165) is 6.29 Å². The van der Waals surface area contributed by atoms with E-state index in [-0.39, 0.29) is 20.1 Å². The maximum Gasteiger partial charge on any atom is 0.576 e. The number of hydrazine groups is 1. The molecule has 0 unspecified atom stereocenters. The highest BCUT2D eigenvalue weighted by atomic mass is 16.9. The van der Waals surface area contributed by atoms with Gasteiger partial charge in [0, 0.05) is 23.7 Å². The number of hydrogen-bond acceptors (Lipinski definition) is 7. The molecule has 0 aliphatic carbocycles. The lowest BCUT2D eigenvalue weighted by Crippen LogP contribution is -2.31. The van der Waals surface area contributed by atoms with Crippen LogP contribution in [0.15, 0.2) is 5.11 Å². The molecule has 0 spiro atoms. The molecular weight excluding hydrogens is 262 g/mol. The summed E-state index contributed by atoms with van der Waals surface area (Å²) in [6.07, 6.45) is -0.0389. The van der Waals surface area contributed by atoms with Crippen LogP contribution in [0.25, 0.3) is 0 Å². The van der Waals surface area contributed by atoms with E-state index in [1.54, 1.807) is 0 Å². The monoisotopic (exact) mass is 280 g/mol. The first-order chi connectivity index (χ1) is 9.20. The molecule has 0 aromatic rings. The molecule has 0 atom stereocenters. The molecular formula is C9H18N3O7+. The number of ether oxygens (including phenoxy) is 2. The van der Waals surface area contributed by atoms with E-state index >= 15 is 0 Å². The first-order valence-corrected chi connectivity index (χ1v) is 5.55. The lowest BCUT2D eigenvalue weighted by Gasteiger charge is -2.02. The zero-order valence-corrected chi connectivity index (χ0v) is 10.6. The fourth-order valence-corrected chi connectivity index (χ4v) is 0.786. The van der Waals surface area contributed by atoms with E-state index in [4.69, 9.17) is 19.4 Å². The third kappa shape index (κ3) is 12.5. The summed E-state index contributed by atoms with van der Waals surface area (Å²) in [4.78, 5) is 29.9. The molecule has 0 aromatic carbocycles. The van der Waals surface area contributed by atoms with Crippen LogP contribution in [0.3, 0.4) is 0 Å². The van der Waals surface area contributed by atoms with Crippen LogP contribution < -0.4 is 5.59 Å². The van der Waals surface area contributed by atoms with Crippen molar-refractivity contribution in [1.82, 2.24) is 5.59 Å². The van der Waals surface area contributed by atoms with Crippen LogP contribution in [0, 0.1) is 0 Å². The van der Waals surface area contributed by atoms with Crippen molar-refractivity contribution in [3.05, 3.63) is 0 Å². The number of carbonyl (C=O) groups excluding carboxylic acids is 1. The molecule has 0 fully saturated rings. The van der Waals surface area contributed by atoms with Crippen LogP contribution in [0.5, 0.6) is 0 Å².